The molecule has 0 spiro atoms. The molecule has 0 aromatic heterocycles. The van der Waals surface area contributed by atoms with Crippen LogP contribution in [-0.2, 0) is 9.53 Å². The molecule has 18 heavy (non-hydrogen) atoms. The lowest BCUT2D eigenvalue weighted by Crippen LogP contribution is -2.17. The van der Waals surface area contributed by atoms with Crippen molar-refractivity contribution in [2.45, 2.75) is 51.7 Å². The number of aliphatic hydroxyl groups is 1. The van der Waals surface area contributed by atoms with Crippen LogP contribution in [0.3, 0.4) is 0 Å². The van der Waals surface area contributed by atoms with Crippen molar-refractivity contribution < 1.29 is 14.6 Å². The van der Waals surface area contributed by atoms with Crippen LogP contribution in [0.15, 0.2) is 23.8 Å². The van der Waals surface area contributed by atoms with E-state index in [1.165, 1.54) is 5.57 Å². The molecule has 100 valence electrons. The van der Waals surface area contributed by atoms with E-state index < -0.39 is 0 Å². The van der Waals surface area contributed by atoms with Crippen molar-refractivity contribution in [1.29, 1.82) is 0 Å². The van der Waals surface area contributed by atoms with Gasteiger partial charge in [0.2, 0.25) is 0 Å². The molecule has 0 bridgehead atoms. The lowest BCUT2D eigenvalue weighted by atomic mass is 9.90. The Balaban J connectivity index is 2.06. The number of carbonyl (C=O) groups excluding carboxylic acids is 1. The van der Waals surface area contributed by atoms with Gasteiger partial charge in [0.1, 0.15) is 6.10 Å². The van der Waals surface area contributed by atoms with Crippen LogP contribution in [0.4, 0.5) is 0 Å². The topological polar surface area (TPSA) is 46.5 Å². The summed E-state index contributed by atoms with van der Waals surface area (Å²) in [6.45, 7) is 7.83. The Morgan fingerprint density at radius 3 is 3.00 bits per heavy atom. The average molecular weight is 250 g/mol. The van der Waals surface area contributed by atoms with E-state index in [4.69, 9.17) is 4.74 Å². The molecule has 0 aromatic carbocycles. The van der Waals surface area contributed by atoms with E-state index in [2.05, 4.69) is 19.6 Å². The molecular weight excluding hydrogens is 228 g/mol. The van der Waals surface area contributed by atoms with Crippen LogP contribution < -0.4 is 0 Å². The summed E-state index contributed by atoms with van der Waals surface area (Å²) in [5.41, 5.74) is 2.01. The van der Waals surface area contributed by atoms with Crippen molar-refractivity contribution in [3.8, 4) is 0 Å². The molecule has 2 aliphatic rings. The van der Waals surface area contributed by atoms with Gasteiger partial charge < -0.3 is 9.84 Å². The Hall–Kier alpha value is -1.09. The fourth-order valence-electron chi connectivity index (χ4n) is 2.88. The molecule has 1 saturated heterocycles. The highest BCUT2D eigenvalue weighted by atomic mass is 16.6. The zero-order valence-electron chi connectivity index (χ0n) is 11.2. The molecule has 0 amide bonds. The maximum absolute atomic E-state index is 11.5. The first-order valence-corrected chi connectivity index (χ1v) is 6.75. The van der Waals surface area contributed by atoms with Gasteiger partial charge in [-0.15, -0.1) is 0 Å². The number of ether oxygens (including phenoxy) is 1. The second kappa shape index (κ2) is 5.27. The fraction of sp³-hybridized carbons (Fsp3) is 0.667. The quantitative estimate of drug-likeness (QED) is 0.476. The number of allylic oxidation sites excluding steroid dienone is 2. The molecule has 4 atom stereocenters. The molecule has 1 aliphatic heterocycles. The minimum absolute atomic E-state index is 0.000278. The normalized spacial score (nSPS) is 33.5. The third-order valence-corrected chi connectivity index (χ3v) is 4.12. The molecule has 3 nitrogen and oxygen atoms in total. The Bertz CT molecular complexity index is 381. The largest absolute Gasteiger partial charge is 0.458 e. The van der Waals surface area contributed by atoms with Crippen molar-refractivity contribution in [3.63, 3.8) is 0 Å². The van der Waals surface area contributed by atoms with Gasteiger partial charge in [-0.3, -0.25) is 0 Å². The van der Waals surface area contributed by atoms with Gasteiger partial charge in [0.15, 0.2) is 0 Å². The maximum atomic E-state index is 11.5. The highest BCUT2D eigenvalue weighted by Crippen LogP contribution is 2.39. The summed E-state index contributed by atoms with van der Waals surface area (Å²) in [6.07, 6.45) is 5.42. The van der Waals surface area contributed by atoms with Crippen LogP contribution in [0, 0.1) is 11.8 Å². The molecule has 3 heteroatoms. The predicted molar refractivity (Wildman–Crippen MR) is 69.9 cm³/mol. The summed E-state index contributed by atoms with van der Waals surface area (Å²) in [7, 11) is 0. The van der Waals surface area contributed by atoms with E-state index in [-0.39, 0.29) is 24.1 Å². The van der Waals surface area contributed by atoms with Crippen LogP contribution in [-0.4, -0.2) is 23.3 Å². The maximum Gasteiger partial charge on any atom is 0.334 e. The zero-order valence-corrected chi connectivity index (χ0v) is 11.2. The lowest BCUT2D eigenvalue weighted by molar-refractivity contribution is -0.139. The van der Waals surface area contributed by atoms with Crippen LogP contribution in [0.1, 0.15) is 39.5 Å². The van der Waals surface area contributed by atoms with Crippen LogP contribution in [0.5, 0.6) is 0 Å². The van der Waals surface area contributed by atoms with E-state index in [9.17, 15) is 9.90 Å². The number of hydrogen-bond acceptors (Lipinski definition) is 3. The number of fused-ring (bicyclic) bond motifs is 1. The minimum atomic E-state index is -0.256. The first-order valence-electron chi connectivity index (χ1n) is 6.75. The molecule has 2 rings (SSSR count). The third kappa shape index (κ3) is 2.66. The molecule has 0 unspecified atom stereocenters. The third-order valence-electron chi connectivity index (χ3n) is 4.12. The van der Waals surface area contributed by atoms with E-state index in [0.717, 1.165) is 25.7 Å². The van der Waals surface area contributed by atoms with Gasteiger partial charge in [-0.2, -0.15) is 0 Å². The Kier molecular flexibility index (Phi) is 3.91. The number of esters is 1. The lowest BCUT2D eigenvalue weighted by Gasteiger charge is -2.18. The summed E-state index contributed by atoms with van der Waals surface area (Å²) in [5.74, 6) is 0.347. The molecule has 1 fully saturated rings. The first kappa shape index (κ1) is 13.3. The Morgan fingerprint density at radius 1 is 1.61 bits per heavy atom. The number of aliphatic hydroxyl groups excluding tert-OH is 1. The van der Waals surface area contributed by atoms with Crippen molar-refractivity contribution in [3.05, 3.63) is 23.8 Å². The molecule has 1 heterocycles. The molecule has 0 saturated carbocycles. The van der Waals surface area contributed by atoms with Gasteiger partial charge in [-0.25, -0.2) is 4.79 Å². The van der Waals surface area contributed by atoms with E-state index in [1.807, 2.05) is 6.92 Å². The molecular formula is C15H22O3. The van der Waals surface area contributed by atoms with Gasteiger partial charge in [0.05, 0.1) is 6.10 Å². The second-order valence-electron chi connectivity index (χ2n) is 5.61. The number of carbonyl (C=O) groups is 1. The standard InChI is InChI=1S/C15H22O3/c1-9-8-14-13(11(3)15(17)18-14)7-6-12(9)5-4-10(2)16/h6,9-10,13-14,16H,3-5,7-8H2,1-2H3/t9-,10-,13-,14+/m0/s1. The molecule has 1 aliphatic carbocycles. The number of hydrogen-bond donors (Lipinski definition) is 1. The van der Waals surface area contributed by atoms with E-state index in [1.54, 1.807) is 0 Å². The molecule has 0 aromatic rings. The van der Waals surface area contributed by atoms with Crippen LogP contribution >= 0.6 is 0 Å². The smallest absolute Gasteiger partial charge is 0.334 e. The minimum Gasteiger partial charge on any atom is -0.458 e. The highest BCUT2D eigenvalue weighted by Gasteiger charge is 2.40. The van der Waals surface area contributed by atoms with Crippen molar-refractivity contribution in [2.24, 2.45) is 11.8 Å². The fourth-order valence-corrected chi connectivity index (χ4v) is 2.88. The van der Waals surface area contributed by atoms with E-state index >= 15 is 0 Å². The SMILES string of the molecule is C=C1C(=O)O[C@@H]2C[C@H](C)C(CC[C@H](C)O)=CC[C@@H]12. The van der Waals surface area contributed by atoms with Gasteiger partial charge in [-0.05, 0) is 38.5 Å². The summed E-state index contributed by atoms with van der Waals surface area (Å²) < 4.78 is 5.38. The average Bonchev–Trinajstić information content (AvgIpc) is 2.46. The van der Waals surface area contributed by atoms with Gasteiger partial charge in [-0.1, -0.05) is 25.2 Å². The van der Waals surface area contributed by atoms with E-state index in [0.29, 0.717) is 11.5 Å². The first-order chi connectivity index (χ1) is 8.49. The monoisotopic (exact) mass is 250 g/mol. The Morgan fingerprint density at radius 2 is 2.33 bits per heavy atom. The van der Waals surface area contributed by atoms with Gasteiger partial charge in [0, 0.05) is 11.5 Å². The second-order valence-corrected chi connectivity index (χ2v) is 5.61. The van der Waals surface area contributed by atoms with Crippen molar-refractivity contribution in [1.82, 2.24) is 0 Å². The molecule has 1 N–H and O–H groups in total. The van der Waals surface area contributed by atoms with Gasteiger partial charge in [0.25, 0.3) is 0 Å². The van der Waals surface area contributed by atoms with Crippen LogP contribution in [0.2, 0.25) is 0 Å². The zero-order chi connectivity index (χ0) is 13.3. The van der Waals surface area contributed by atoms with Crippen LogP contribution in [0.25, 0.3) is 0 Å². The summed E-state index contributed by atoms with van der Waals surface area (Å²) in [4.78, 5) is 11.5. The Labute approximate surface area is 109 Å². The summed E-state index contributed by atoms with van der Waals surface area (Å²) >= 11 is 0. The summed E-state index contributed by atoms with van der Waals surface area (Å²) in [5, 5.41) is 9.37. The highest BCUT2D eigenvalue weighted by molar-refractivity contribution is 5.90. The molecule has 0 radical (unpaired) electrons. The summed E-state index contributed by atoms with van der Waals surface area (Å²) in [6, 6.07) is 0. The number of rotatable bonds is 3. The van der Waals surface area contributed by atoms with Crippen molar-refractivity contribution >= 4 is 5.97 Å². The van der Waals surface area contributed by atoms with Crippen molar-refractivity contribution in [2.75, 3.05) is 0 Å². The van der Waals surface area contributed by atoms with Gasteiger partial charge >= 0.3 is 5.97 Å². The predicted octanol–water partition coefficient (Wildman–Crippen LogP) is 2.60.